The maximum atomic E-state index is 13.3. The molecule has 1 fully saturated rings. The lowest BCUT2D eigenvalue weighted by molar-refractivity contribution is -0.0430. The number of para-hydroxylation sites is 1. The number of morpholine rings is 1. The van der Waals surface area contributed by atoms with Crippen molar-refractivity contribution in [3.05, 3.63) is 90.2 Å². The molecule has 0 aliphatic carbocycles. The molecule has 3 aromatic rings. The number of nitrogens with one attached hydrogen (secondary N) is 1. The monoisotopic (exact) mass is 363 g/mol. The van der Waals surface area contributed by atoms with E-state index in [0.29, 0.717) is 6.61 Å². The maximum Gasteiger partial charge on any atom is 0.151 e. The van der Waals surface area contributed by atoms with Gasteiger partial charge in [-0.2, -0.15) is 0 Å². The van der Waals surface area contributed by atoms with Crippen molar-refractivity contribution >= 4 is 0 Å². The summed E-state index contributed by atoms with van der Waals surface area (Å²) < 4.78 is 25.8. The summed E-state index contributed by atoms with van der Waals surface area (Å²) in [5, 5.41) is 3.38. The first-order valence-corrected chi connectivity index (χ1v) is 9.20. The second-order valence-corrected chi connectivity index (χ2v) is 6.57. The van der Waals surface area contributed by atoms with Crippen LogP contribution < -0.4 is 10.1 Å². The Labute approximate surface area is 158 Å². The molecule has 4 heteroatoms. The molecule has 0 radical (unpaired) electrons. The van der Waals surface area contributed by atoms with Gasteiger partial charge in [-0.15, -0.1) is 0 Å². The van der Waals surface area contributed by atoms with E-state index in [9.17, 15) is 4.39 Å². The molecule has 3 nitrogen and oxygen atoms in total. The van der Waals surface area contributed by atoms with Crippen molar-refractivity contribution in [1.29, 1.82) is 0 Å². The van der Waals surface area contributed by atoms with E-state index in [2.05, 4.69) is 17.4 Å². The Morgan fingerprint density at radius 1 is 0.926 bits per heavy atom. The van der Waals surface area contributed by atoms with E-state index in [1.165, 1.54) is 12.1 Å². The highest BCUT2D eigenvalue weighted by Gasteiger charge is 2.28. The van der Waals surface area contributed by atoms with Crippen LogP contribution in [0, 0.1) is 5.82 Å². The van der Waals surface area contributed by atoms with E-state index >= 15 is 0 Å². The van der Waals surface area contributed by atoms with Crippen molar-refractivity contribution < 1.29 is 13.9 Å². The second-order valence-electron chi connectivity index (χ2n) is 6.57. The molecule has 2 atom stereocenters. The standard InChI is InChI=1S/C23H22FNO2/c24-19-12-10-17(11-13-19)20-8-4-5-9-21(20)27-23(18-6-2-1-3-7-18)22-16-25-14-15-26-22/h1-13,22-23,25H,14-16H2. The third-order valence-electron chi connectivity index (χ3n) is 4.72. The van der Waals surface area contributed by atoms with Crippen LogP contribution >= 0.6 is 0 Å². The molecule has 4 rings (SSSR count). The van der Waals surface area contributed by atoms with Crippen LogP contribution in [0.3, 0.4) is 0 Å². The topological polar surface area (TPSA) is 30.5 Å². The van der Waals surface area contributed by atoms with Gasteiger partial charge >= 0.3 is 0 Å². The van der Waals surface area contributed by atoms with Crippen molar-refractivity contribution in [2.24, 2.45) is 0 Å². The highest BCUT2D eigenvalue weighted by molar-refractivity contribution is 5.70. The fourth-order valence-corrected chi connectivity index (χ4v) is 3.36. The van der Waals surface area contributed by atoms with Gasteiger partial charge in [0.05, 0.1) is 6.61 Å². The Kier molecular flexibility index (Phi) is 5.47. The van der Waals surface area contributed by atoms with Crippen LogP contribution in [0.4, 0.5) is 4.39 Å². The average Bonchev–Trinajstić information content (AvgIpc) is 2.74. The van der Waals surface area contributed by atoms with Crippen molar-refractivity contribution in [2.75, 3.05) is 19.7 Å². The lowest BCUT2D eigenvalue weighted by Gasteiger charge is -2.32. The minimum Gasteiger partial charge on any atom is -0.482 e. The summed E-state index contributed by atoms with van der Waals surface area (Å²) in [5.41, 5.74) is 2.92. The largest absolute Gasteiger partial charge is 0.482 e. The zero-order valence-electron chi connectivity index (χ0n) is 15.0. The van der Waals surface area contributed by atoms with Gasteiger partial charge in [-0.25, -0.2) is 4.39 Å². The molecule has 1 heterocycles. The van der Waals surface area contributed by atoms with Gasteiger partial charge < -0.3 is 14.8 Å². The predicted octanol–water partition coefficient (Wildman–Crippen LogP) is 4.60. The van der Waals surface area contributed by atoms with Crippen molar-refractivity contribution in [2.45, 2.75) is 12.2 Å². The fraction of sp³-hybridized carbons (Fsp3) is 0.217. The molecule has 1 saturated heterocycles. The molecule has 0 spiro atoms. The SMILES string of the molecule is Fc1ccc(-c2ccccc2OC(c2ccccc2)C2CNCCO2)cc1. The number of hydrogen-bond acceptors (Lipinski definition) is 3. The average molecular weight is 363 g/mol. The summed E-state index contributed by atoms with van der Waals surface area (Å²) in [6.45, 7) is 2.25. The minimum absolute atomic E-state index is 0.0811. The highest BCUT2D eigenvalue weighted by atomic mass is 19.1. The van der Waals surface area contributed by atoms with Crippen LogP contribution in [0.25, 0.3) is 11.1 Å². The van der Waals surface area contributed by atoms with Crippen molar-refractivity contribution in [3.63, 3.8) is 0 Å². The van der Waals surface area contributed by atoms with Gasteiger partial charge in [0.1, 0.15) is 17.7 Å². The Hall–Kier alpha value is -2.69. The summed E-state index contributed by atoms with van der Waals surface area (Å²) in [6.07, 6.45) is -0.317. The lowest BCUT2D eigenvalue weighted by atomic mass is 10.0. The van der Waals surface area contributed by atoms with Crippen LogP contribution in [-0.4, -0.2) is 25.8 Å². The zero-order chi connectivity index (χ0) is 18.5. The summed E-state index contributed by atoms with van der Waals surface area (Å²) in [6, 6.07) is 24.5. The fourth-order valence-electron chi connectivity index (χ4n) is 3.36. The third-order valence-corrected chi connectivity index (χ3v) is 4.72. The quantitative estimate of drug-likeness (QED) is 0.719. The van der Waals surface area contributed by atoms with Crippen LogP contribution in [0.5, 0.6) is 5.75 Å². The smallest absolute Gasteiger partial charge is 0.151 e. The summed E-state index contributed by atoms with van der Waals surface area (Å²) >= 11 is 0. The first-order chi connectivity index (χ1) is 13.3. The molecule has 1 aliphatic heterocycles. The predicted molar refractivity (Wildman–Crippen MR) is 104 cm³/mol. The Morgan fingerprint density at radius 3 is 2.41 bits per heavy atom. The number of rotatable bonds is 5. The maximum absolute atomic E-state index is 13.3. The molecule has 0 amide bonds. The van der Waals surface area contributed by atoms with Crippen molar-refractivity contribution in [1.82, 2.24) is 5.32 Å². The van der Waals surface area contributed by atoms with E-state index in [0.717, 1.165) is 35.5 Å². The van der Waals surface area contributed by atoms with E-state index < -0.39 is 0 Å². The molecule has 1 N–H and O–H groups in total. The van der Waals surface area contributed by atoms with Gasteiger partial charge in [0, 0.05) is 18.7 Å². The van der Waals surface area contributed by atoms with Gasteiger partial charge in [0.25, 0.3) is 0 Å². The van der Waals surface area contributed by atoms with Gasteiger partial charge in [-0.1, -0.05) is 60.7 Å². The van der Waals surface area contributed by atoms with Crippen LogP contribution in [0.1, 0.15) is 11.7 Å². The van der Waals surface area contributed by atoms with Gasteiger partial charge in [0.2, 0.25) is 0 Å². The van der Waals surface area contributed by atoms with E-state index in [1.54, 1.807) is 12.1 Å². The van der Waals surface area contributed by atoms with E-state index in [4.69, 9.17) is 9.47 Å². The van der Waals surface area contributed by atoms with Gasteiger partial charge in [0.15, 0.2) is 6.10 Å². The Morgan fingerprint density at radius 2 is 1.67 bits per heavy atom. The number of halogens is 1. The zero-order valence-corrected chi connectivity index (χ0v) is 15.0. The van der Waals surface area contributed by atoms with Crippen molar-refractivity contribution in [3.8, 4) is 16.9 Å². The highest BCUT2D eigenvalue weighted by Crippen LogP contribution is 2.35. The molecule has 0 saturated carbocycles. The molecule has 2 unspecified atom stereocenters. The molecule has 0 bridgehead atoms. The molecular formula is C23H22FNO2. The second kappa shape index (κ2) is 8.33. The molecule has 1 aliphatic rings. The molecule has 3 aromatic carbocycles. The normalized spacial score (nSPS) is 18.0. The van der Waals surface area contributed by atoms with Gasteiger partial charge in [-0.3, -0.25) is 0 Å². The van der Waals surface area contributed by atoms with E-state index in [-0.39, 0.29) is 18.0 Å². The number of benzene rings is 3. The molecule has 138 valence electrons. The van der Waals surface area contributed by atoms with Crippen LogP contribution in [0.2, 0.25) is 0 Å². The van der Waals surface area contributed by atoms with Crippen LogP contribution in [-0.2, 0) is 4.74 Å². The van der Waals surface area contributed by atoms with E-state index in [1.807, 2.05) is 42.5 Å². The lowest BCUT2D eigenvalue weighted by Crippen LogP contribution is -2.43. The van der Waals surface area contributed by atoms with Gasteiger partial charge in [-0.05, 0) is 29.3 Å². The Bertz CT molecular complexity index is 861. The van der Waals surface area contributed by atoms with Crippen LogP contribution in [0.15, 0.2) is 78.9 Å². The molecule has 0 aromatic heterocycles. The summed E-state index contributed by atoms with van der Waals surface area (Å²) in [4.78, 5) is 0. The summed E-state index contributed by atoms with van der Waals surface area (Å²) in [7, 11) is 0. The first-order valence-electron chi connectivity index (χ1n) is 9.20. The Balaban J connectivity index is 1.68. The summed E-state index contributed by atoms with van der Waals surface area (Å²) in [5.74, 6) is 0.508. The number of hydrogen-bond donors (Lipinski definition) is 1. The molecular weight excluding hydrogens is 341 g/mol. The molecule has 27 heavy (non-hydrogen) atoms. The first kappa shape index (κ1) is 17.7. The minimum atomic E-state index is -0.249. The third kappa shape index (κ3) is 4.18. The number of ether oxygens (including phenoxy) is 2.